The van der Waals surface area contributed by atoms with Crippen molar-refractivity contribution < 1.29 is 4.79 Å². The highest BCUT2D eigenvalue weighted by Gasteiger charge is 2.36. The molecule has 0 saturated carbocycles. The van der Waals surface area contributed by atoms with Crippen molar-refractivity contribution in [2.24, 2.45) is 5.92 Å². The first-order chi connectivity index (χ1) is 8.83. The van der Waals surface area contributed by atoms with Crippen molar-refractivity contribution in [3.63, 3.8) is 0 Å². The average molecular weight is 248 g/mol. The summed E-state index contributed by atoms with van der Waals surface area (Å²) in [6, 6.07) is 1.05. The van der Waals surface area contributed by atoms with Crippen LogP contribution in [0.4, 0.5) is 0 Å². The van der Waals surface area contributed by atoms with Crippen molar-refractivity contribution in [3.05, 3.63) is 12.2 Å². The van der Waals surface area contributed by atoms with E-state index in [2.05, 4.69) is 22.4 Å². The number of nitrogens with zero attached hydrogens (tertiary/aromatic N) is 1. The summed E-state index contributed by atoms with van der Waals surface area (Å²) < 4.78 is 0. The first-order valence-corrected chi connectivity index (χ1v) is 7.53. The van der Waals surface area contributed by atoms with E-state index in [-0.39, 0.29) is 5.91 Å². The number of carbonyl (C=O) groups is 1. The summed E-state index contributed by atoms with van der Waals surface area (Å²) >= 11 is 0. The summed E-state index contributed by atoms with van der Waals surface area (Å²) in [6.45, 7) is 2.42. The molecule has 0 aromatic rings. The van der Waals surface area contributed by atoms with Crippen molar-refractivity contribution in [3.8, 4) is 0 Å². The maximum atomic E-state index is 12.1. The molecule has 3 nitrogen and oxygen atoms in total. The molecule has 2 heterocycles. The third-order valence-electron chi connectivity index (χ3n) is 4.76. The second-order valence-corrected chi connectivity index (χ2v) is 6.03. The van der Waals surface area contributed by atoms with Crippen LogP contribution in [-0.4, -0.2) is 36.0 Å². The van der Waals surface area contributed by atoms with Crippen molar-refractivity contribution >= 4 is 5.91 Å². The summed E-state index contributed by atoms with van der Waals surface area (Å²) in [5.74, 6) is 0.762. The van der Waals surface area contributed by atoms with E-state index in [1.165, 1.54) is 32.4 Å². The number of allylic oxidation sites excluding steroid dienone is 2. The first-order valence-electron chi connectivity index (χ1n) is 7.53. The molecular weight excluding hydrogens is 224 g/mol. The predicted octanol–water partition coefficient (Wildman–Crippen LogP) is 2.09. The monoisotopic (exact) mass is 248 g/mol. The SMILES string of the molecule is O=C(C[C@@H]1C=CCC1)N[C@@H]1CCN2CCCC[C@H]12. The molecule has 0 bridgehead atoms. The molecule has 1 amide bonds. The molecule has 100 valence electrons. The third-order valence-corrected chi connectivity index (χ3v) is 4.76. The summed E-state index contributed by atoms with van der Waals surface area (Å²) in [4.78, 5) is 14.6. The molecular formula is C15H24N2O. The number of amides is 1. The molecule has 3 heteroatoms. The molecule has 0 unspecified atom stereocenters. The van der Waals surface area contributed by atoms with Gasteiger partial charge in [0.1, 0.15) is 0 Å². The number of fused-ring (bicyclic) bond motifs is 1. The Labute approximate surface area is 110 Å². The zero-order chi connectivity index (χ0) is 12.4. The van der Waals surface area contributed by atoms with Gasteiger partial charge in [0.2, 0.25) is 5.91 Å². The van der Waals surface area contributed by atoms with Crippen LogP contribution in [0.5, 0.6) is 0 Å². The van der Waals surface area contributed by atoms with E-state index in [0.717, 1.165) is 19.3 Å². The fourth-order valence-corrected chi connectivity index (χ4v) is 3.78. The number of carbonyl (C=O) groups excluding carboxylic acids is 1. The lowest BCUT2D eigenvalue weighted by Crippen LogP contribution is -2.47. The van der Waals surface area contributed by atoms with Crippen LogP contribution in [0.15, 0.2) is 12.2 Å². The lowest BCUT2D eigenvalue weighted by Gasteiger charge is -2.32. The van der Waals surface area contributed by atoms with E-state index in [1.54, 1.807) is 0 Å². The van der Waals surface area contributed by atoms with Crippen LogP contribution in [0.25, 0.3) is 0 Å². The maximum Gasteiger partial charge on any atom is 0.220 e. The highest BCUT2D eigenvalue weighted by atomic mass is 16.1. The van der Waals surface area contributed by atoms with Crippen LogP contribution in [0.3, 0.4) is 0 Å². The highest BCUT2D eigenvalue weighted by molar-refractivity contribution is 5.77. The summed E-state index contributed by atoms with van der Waals surface area (Å²) in [5.41, 5.74) is 0. The first kappa shape index (κ1) is 12.2. The van der Waals surface area contributed by atoms with Gasteiger partial charge < -0.3 is 5.32 Å². The Hall–Kier alpha value is -0.830. The van der Waals surface area contributed by atoms with Gasteiger partial charge in [0.25, 0.3) is 0 Å². The normalized spacial score (nSPS) is 35.7. The van der Waals surface area contributed by atoms with Gasteiger partial charge in [-0.2, -0.15) is 0 Å². The zero-order valence-electron chi connectivity index (χ0n) is 11.1. The zero-order valence-corrected chi connectivity index (χ0v) is 11.1. The summed E-state index contributed by atoms with van der Waals surface area (Å²) in [7, 11) is 0. The van der Waals surface area contributed by atoms with Crippen LogP contribution in [0.1, 0.15) is 44.9 Å². The smallest absolute Gasteiger partial charge is 0.220 e. The topological polar surface area (TPSA) is 32.3 Å². The van der Waals surface area contributed by atoms with Gasteiger partial charge in [-0.3, -0.25) is 9.69 Å². The molecule has 0 radical (unpaired) electrons. The van der Waals surface area contributed by atoms with Gasteiger partial charge in [-0.1, -0.05) is 18.6 Å². The third kappa shape index (κ3) is 2.61. The Kier molecular flexibility index (Phi) is 3.69. The van der Waals surface area contributed by atoms with Crippen LogP contribution in [-0.2, 0) is 4.79 Å². The van der Waals surface area contributed by atoms with Gasteiger partial charge in [-0.25, -0.2) is 0 Å². The molecule has 2 fully saturated rings. The quantitative estimate of drug-likeness (QED) is 0.776. The van der Waals surface area contributed by atoms with E-state index in [1.807, 2.05) is 0 Å². The Bertz CT molecular complexity index is 339. The van der Waals surface area contributed by atoms with E-state index < -0.39 is 0 Å². The van der Waals surface area contributed by atoms with Crippen LogP contribution < -0.4 is 5.32 Å². The molecule has 2 aliphatic heterocycles. The summed E-state index contributed by atoms with van der Waals surface area (Å²) in [6.07, 6.45) is 12.5. The Balaban J connectivity index is 1.49. The number of hydrogen-bond donors (Lipinski definition) is 1. The van der Waals surface area contributed by atoms with Crippen LogP contribution in [0.2, 0.25) is 0 Å². The second kappa shape index (κ2) is 5.43. The van der Waals surface area contributed by atoms with Crippen molar-refractivity contribution in [1.29, 1.82) is 0 Å². The molecule has 18 heavy (non-hydrogen) atoms. The largest absolute Gasteiger partial charge is 0.352 e. The van der Waals surface area contributed by atoms with E-state index >= 15 is 0 Å². The van der Waals surface area contributed by atoms with Crippen LogP contribution in [0, 0.1) is 5.92 Å². The van der Waals surface area contributed by atoms with Gasteiger partial charge >= 0.3 is 0 Å². The number of hydrogen-bond acceptors (Lipinski definition) is 2. The van der Waals surface area contributed by atoms with Gasteiger partial charge in [0.15, 0.2) is 0 Å². The number of nitrogens with one attached hydrogen (secondary N) is 1. The van der Waals surface area contributed by atoms with E-state index in [0.29, 0.717) is 24.4 Å². The van der Waals surface area contributed by atoms with E-state index in [4.69, 9.17) is 0 Å². The highest BCUT2D eigenvalue weighted by Crippen LogP contribution is 2.27. The second-order valence-electron chi connectivity index (χ2n) is 6.03. The maximum absolute atomic E-state index is 12.1. The fraction of sp³-hybridized carbons (Fsp3) is 0.800. The van der Waals surface area contributed by atoms with Gasteiger partial charge in [-0.05, 0) is 44.6 Å². The molecule has 2 saturated heterocycles. The standard InChI is InChI=1S/C15H24N2O/c18-15(11-12-5-1-2-6-12)16-13-8-10-17-9-4-3-7-14(13)17/h1,5,12-14H,2-4,6-11H2,(H,16,18)/t12-,13-,14-/m1/s1. The van der Waals surface area contributed by atoms with Gasteiger partial charge in [0, 0.05) is 25.0 Å². The molecule has 3 aliphatic rings. The molecule has 1 aliphatic carbocycles. The number of piperidine rings is 1. The van der Waals surface area contributed by atoms with Crippen molar-refractivity contribution in [2.75, 3.05) is 13.1 Å². The van der Waals surface area contributed by atoms with Gasteiger partial charge in [0.05, 0.1) is 0 Å². The minimum absolute atomic E-state index is 0.268. The Morgan fingerprint density at radius 1 is 1.22 bits per heavy atom. The molecule has 3 atom stereocenters. The number of rotatable bonds is 3. The molecule has 1 N–H and O–H groups in total. The Morgan fingerprint density at radius 2 is 2.17 bits per heavy atom. The molecule has 0 aromatic heterocycles. The minimum atomic E-state index is 0.268. The van der Waals surface area contributed by atoms with Crippen molar-refractivity contribution in [2.45, 2.75) is 57.0 Å². The minimum Gasteiger partial charge on any atom is -0.352 e. The van der Waals surface area contributed by atoms with Gasteiger partial charge in [-0.15, -0.1) is 0 Å². The molecule has 0 aromatic carbocycles. The van der Waals surface area contributed by atoms with Crippen LogP contribution >= 0.6 is 0 Å². The predicted molar refractivity (Wildman–Crippen MR) is 72.2 cm³/mol. The Morgan fingerprint density at radius 3 is 3.00 bits per heavy atom. The average Bonchev–Trinajstić information content (AvgIpc) is 3.00. The lowest BCUT2D eigenvalue weighted by atomic mass is 9.98. The van der Waals surface area contributed by atoms with E-state index in [9.17, 15) is 4.79 Å². The van der Waals surface area contributed by atoms with Crippen molar-refractivity contribution in [1.82, 2.24) is 10.2 Å². The summed E-state index contributed by atoms with van der Waals surface area (Å²) in [5, 5.41) is 3.29. The molecule has 3 rings (SSSR count). The lowest BCUT2D eigenvalue weighted by molar-refractivity contribution is -0.122. The molecule has 0 spiro atoms. The fourth-order valence-electron chi connectivity index (χ4n) is 3.78.